The monoisotopic (exact) mass is 457 g/mol. The average molecular weight is 459 g/mol. The van der Waals surface area contributed by atoms with Crippen LogP contribution in [0.4, 0.5) is 18.9 Å². The summed E-state index contributed by atoms with van der Waals surface area (Å²) in [6.45, 7) is 1.85. The van der Waals surface area contributed by atoms with Crippen molar-refractivity contribution in [2.75, 3.05) is 5.32 Å². The number of nitrogens with one attached hydrogen (secondary N) is 1. The van der Waals surface area contributed by atoms with Gasteiger partial charge in [0.1, 0.15) is 0 Å². The van der Waals surface area contributed by atoms with Crippen molar-refractivity contribution < 1.29 is 18.0 Å². The molecule has 1 aromatic heterocycles. The van der Waals surface area contributed by atoms with Crippen molar-refractivity contribution in [1.82, 2.24) is 9.78 Å². The van der Waals surface area contributed by atoms with E-state index in [-0.39, 0.29) is 10.7 Å². The quantitative estimate of drug-likeness (QED) is 0.534. The zero-order valence-electron chi connectivity index (χ0n) is 13.8. The van der Waals surface area contributed by atoms with E-state index < -0.39 is 23.3 Å². The summed E-state index contributed by atoms with van der Waals surface area (Å²) in [5.41, 5.74) is -0.363. The van der Waals surface area contributed by atoms with Crippen LogP contribution in [0, 0.1) is 6.92 Å². The van der Waals surface area contributed by atoms with Gasteiger partial charge in [0.25, 0.3) is 5.91 Å². The van der Waals surface area contributed by atoms with Crippen LogP contribution in [0.5, 0.6) is 0 Å². The molecule has 9 heteroatoms. The van der Waals surface area contributed by atoms with Crippen LogP contribution < -0.4 is 5.32 Å². The van der Waals surface area contributed by atoms with Crippen molar-refractivity contribution in [3.05, 3.63) is 75.0 Å². The Morgan fingerprint density at radius 1 is 1.22 bits per heavy atom. The second-order valence-electron chi connectivity index (χ2n) is 5.71. The molecule has 2 aromatic carbocycles. The van der Waals surface area contributed by atoms with Gasteiger partial charge in [-0.2, -0.15) is 18.3 Å². The first-order valence-corrected chi connectivity index (χ1v) is 8.82. The smallest absolute Gasteiger partial charge is 0.322 e. The van der Waals surface area contributed by atoms with Crippen molar-refractivity contribution in [2.45, 2.75) is 13.1 Å². The van der Waals surface area contributed by atoms with Crippen molar-refractivity contribution in [3.63, 3.8) is 0 Å². The van der Waals surface area contributed by atoms with Gasteiger partial charge in [0.05, 0.1) is 17.4 Å². The van der Waals surface area contributed by atoms with Gasteiger partial charge in [0.15, 0.2) is 5.69 Å². The molecule has 140 valence electrons. The standard InChI is InChI=1S/C18H12BrClF3N3O/c1-10-5-6-12(8-15(10)19)25-17(27)14-9-24-26(16(14)18(21,22)23)13-4-2-3-11(20)7-13/h2-9H,1H3,(H,25,27). The third kappa shape index (κ3) is 4.17. The first-order chi connectivity index (χ1) is 12.7. The van der Waals surface area contributed by atoms with Crippen molar-refractivity contribution in [2.24, 2.45) is 0 Å². The normalized spacial score (nSPS) is 11.5. The van der Waals surface area contributed by atoms with Gasteiger partial charge in [-0.25, -0.2) is 4.68 Å². The van der Waals surface area contributed by atoms with E-state index in [2.05, 4.69) is 26.3 Å². The number of hydrogen-bond acceptors (Lipinski definition) is 2. The summed E-state index contributed by atoms with van der Waals surface area (Å²) in [6.07, 6.45) is -3.90. The number of anilines is 1. The Bertz CT molecular complexity index is 1020. The Morgan fingerprint density at radius 2 is 1.96 bits per heavy atom. The predicted octanol–water partition coefficient (Wildman–Crippen LogP) is 5.87. The largest absolute Gasteiger partial charge is 0.434 e. The molecule has 0 fully saturated rings. The van der Waals surface area contributed by atoms with Crippen LogP contribution in [-0.4, -0.2) is 15.7 Å². The Hall–Kier alpha value is -2.32. The fraction of sp³-hybridized carbons (Fsp3) is 0.111. The minimum Gasteiger partial charge on any atom is -0.322 e. The van der Waals surface area contributed by atoms with E-state index in [1.54, 1.807) is 18.2 Å². The molecule has 0 saturated heterocycles. The number of benzene rings is 2. The molecular weight excluding hydrogens is 447 g/mol. The summed E-state index contributed by atoms with van der Waals surface area (Å²) in [7, 11) is 0. The van der Waals surface area contributed by atoms with E-state index in [9.17, 15) is 18.0 Å². The minimum atomic E-state index is -4.79. The molecule has 0 radical (unpaired) electrons. The molecule has 1 N–H and O–H groups in total. The first kappa shape index (κ1) is 19.4. The number of hydrogen-bond donors (Lipinski definition) is 1. The highest BCUT2D eigenvalue weighted by atomic mass is 79.9. The molecule has 4 nitrogen and oxygen atoms in total. The fourth-order valence-electron chi connectivity index (χ4n) is 2.46. The van der Waals surface area contributed by atoms with Gasteiger partial charge in [-0.1, -0.05) is 39.7 Å². The molecule has 0 aliphatic carbocycles. The first-order valence-electron chi connectivity index (χ1n) is 7.65. The van der Waals surface area contributed by atoms with Gasteiger partial charge in [-0.15, -0.1) is 0 Å². The van der Waals surface area contributed by atoms with E-state index in [4.69, 9.17) is 11.6 Å². The van der Waals surface area contributed by atoms with Gasteiger partial charge in [-0.3, -0.25) is 4.79 Å². The topological polar surface area (TPSA) is 46.9 Å². The highest BCUT2D eigenvalue weighted by Crippen LogP contribution is 2.34. The van der Waals surface area contributed by atoms with Crippen LogP contribution in [-0.2, 0) is 6.18 Å². The molecule has 0 spiro atoms. The molecule has 0 saturated carbocycles. The summed E-state index contributed by atoms with van der Waals surface area (Å²) in [6, 6.07) is 10.7. The van der Waals surface area contributed by atoms with Crippen LogP contribution in [0.15, 0.2) is 53.1 Å². The highest BCUT2D eigenvalue weighted by molar-refractivity contribution is 9.10. The van der Waals surface area contributed by atoms with Gasteiger partial charge >= 0.3 is 6.18 Å². The summed E-state index contributed by atoms with van der Waals surface area (Å²) >= 11 is 9.18. The number of amides is 1. The van der Waals surface area contributed by atoms with Crippen LogP contribution >= 0.6 is 27.5 Å². The molecule has 3 rings (SSSR count). The number of nitrogens with zero attached hydrogens (tertiary/aromatic N) is 2. The van der Waals surface area contributed by atoms with Crippen molar-refractivity contribution in [1.29, 1.82) is 0 Å². The summed E-state index contributed by atoms with van der Waals surface area (Å²) in [5.74, 6) is -0.911. The van der Waals surface area contributed by atoms with Crippen LogP contribution in [0.2, 0.25) is 5.02 Å². The molecule has 27 heavy (non-hydrogen) atoms. The molecular formula is C18H12BrClF3N3O. The SMILES string of the molecule is Cc1ccc(NC(=O)c2cnn(-c3cccc(Cl)c3)c2C(F)(F)F)cc1Br. The molecule has 1 amide bonds. The number of aromatic nitrogens is 2. The zero-order chi connectivity index (χ0) is 19.8. The minimum absolute atomic E-state index is 0.104. The zero-order valence-corrected chi connectivity index (χ0v) is 16.2. The predicted molar refractivity (Wildman–Crippen MR) is 100 cm³/mol. The second-order valence-corrected chi connectivity index (χ2v) is 7.01. The molecule has 0 aliphatic heterocycles. The Kier molecular flexibility index (Phi) is 5.30. The average Bonchev–Trinajstić information content (AvgIpc) is 3.04. The van der Waals surface area contributed by atoms with E-state index in [1.807, 2.05) is 6.92 Å². The number of rotatable bonds is 3. The fourth-order valence-corrected chi connectivity index (χ4v) is 3.02. The van der Waals surface area contributed by atoms with Gasteiger partial charge in [0, 0.05) is 15.2 Å². The number of carbonyl (C=O) groups excluding carboxylic acids is 1. The van der Waals surface area contributed by atoms with E-state index in [0.29, 0.717) is 10.4 Å². The summed E-state index contributed by atoms with van der Waals surface area (Å²) < 4.78 is 42.4. The molecule has 0 aliphatic rings. The lowest BCUT2D eigenvalue weighted by Gasteiger charge is -2.13. The maximum atomic E-state index is 13.7. The number of carbonyl (C=O) groups is 1. The van der Waals surface area contributed by atoms with E-state index in [1.165, 1.54) is 24.3 Å². The molecule has 0 unspecified atom stereocenters. The number of aryl methyl sites for hydroxylation is 1. The molecule has 3 aromatic rings. The number of halogens is 5. The van der Waals surface area contributed by atoms with E-state index in [0.717, 1.165) is 16.2 Å². The lowest BCUT2D eigenvalue weighted by Crippen LogP contribution is -2.20. The Balaban J connectivity index is 2.02. The Labute approximate surface area is 166 Å². The lowest BCUT2D eigenvalue weighted by atomic mass is 10.2. The number of alkyl halides is 3. The lowest BCUT2D eigenvalue weighted by molar-refractivity contribution is -0.143. The van der Waals surface area contributed by atoms with Crippen LogP contribution in [0.25, 0.3) is 5.69 Å². The van der Waals surface area contributed by atoms with Crippen LogP contribution in [0.3, 0.4) is 0 Å². The molecule has 0 atom stereocenters. The van der Waals surface area contributed by atoms with Gasteiger partial charge in [0.2, 0.25) is 0 Å². The Morgan fingerprint density at radius 3 is 2.59 bits per heavy atom. The van der Waals surface area contributed by atoms with Gasteiger partial charge in [-0.05, 0) is 42.8 Å². The second kappa shape index (κ2) is 7.36. The van der Waals surface area contributed by atoms with Gasteiger partial charge < -0.3 is 5.32 Å². The van der Waals surface area contributed by atoms with Crippen molar-refractivity contribution in [3.8, 4) is 5.69 Å². The summed E-state index contributed by atoms with van der Waals surface area (Å²) in [5, 5.41) is 6.48. The molecule has 0 bridgehead atoms. The third-order valence-corrected chi connectivity index (χ3v) is 4.85. The maximum Gasteiger partial charge on any atom is 0.434 e. The highest BCUT2D eigenvalue weighted by Gasteiger charge is 2.40. The maximum absolute atomic E-state index is 13.7. The third-order valence-electron chi connectivity index (χ3n) is 3.76. The van der Waals surface area contributed by atoms with E-state index >= 15 is 0 Å². The molecule has 1 heterocycles. The van der Waals surface area contributed by atoms with Crippen molar-refractivity contribution >= 4 is 39.1 Å². The summed E-state index contributed by atoms with van der Waals surface area (Å²) in [4.78, 5) is 12.5. The van der Waals surface area contributed by atoms with Crippen LogP contribution in [0.1, 0.15) is 21.6 Å².